The van der Waals surface area contributed by atoms with Gasteiger partial charge in [-0.3, -0.25) is 5.10 Å². The first-order chi connectivity index (χ1) is 10.3. The van der Waals surface area contributed by atoms with Gasteiger partial charge in [0.1, 0.15) is 5.82 Å². The van der Waals surface area contributed by atoms with Crippen molar-refractivity contribution in [2.24, 2.45) is 5.73 Å². The minimum atomic E-state index is 0.338. The lowest BCUT2D eigenvalue weighted by molar-refractivity contribution is 0.496. The van der Waals surface area contributed by atoms with E-state index in [1.54, 1.807) is 0 Å². The first-order valence-corrected chi connectivity index (χ1v) is 7.79. The Balaban J connectivity index is 1.44. The molecule has 2 heterocycles. The van der Waals surface area contributed by atoms with E-state index in [0.717, 1.165) is 37.7 Å². The zero-order chi connectivity index (χ0) is 14.2. The summed E-state index contributed by atoms with van der Waals surface area (Å²) in [6.45, 7) is 1.93. The number of hydrogen-bond donors (Lipinski definition) is 2. The maximum atomic E-state index is 5.95. The zero-order valence-electron chi connectivity index (χ0n) is 12.1. The third-order valence-electron chi connectivity index (χ3n) is 4.68. The van der Waals surface area contributed by atoms with E-state index < -0.39 is 0 Å². The average molecular weight is 283 g/mol. The van der Waals surface area contributed by atoms with E-state index in [2.05, 4.69) is 45.4 Å². The van der Waals surface area contributed by atoms with Crippen LogP contribution in [0.2, 0.25) is 0 Å². The van der Waals surface area contributed by atoms with Crippen LogP contribution in [0.5, 0.6) is 0 Å². The molecule has 1 aliphatic heterocycles. The number of rotatable bonds is 3. The number of anilines is 1. The van der Waals surface area contributed by atoms with Gasteiger partial charge in [-0.1, -0.05) is 30.3 Å². The summed E-state index contributed by atoms with van der Waals surface area (Å²) in [6, 6.07) is 11.0. The van der Waals surface area contributed by atoms with Crippen LogP contribution in [0, 0.1) is 0 Å². The first-order valence-electron chi connectivity index (χ1n) is 7.79. The van der Waals surface area contributed by atoms with Gasteiger partial charge in [-0.05, 0) is 30.7 Å². The number of piperidine rings is 1. The van der Waals surface area contributed by atoms with Crippen LogP contribution in [0.1, 0.15) is 42.5 Å². The SMILES string of the molecule is NC1CCN(c2n[nH]c(C3CC3c3ccccc3)n2)CC1. The van der Waals surface area contributed by atoms with Crippen LogP contribution in [0.25, 0.3) is 0 Å². The normalized spacial score (nSPS) is 26.0. The summed E-state index contributed by atoms with van der Waals surface area (Å²) in [5.41, 5.74) is 7.35. The van der Waals surface area contributed by atoms with Crippen LogP contribution in [-0.2, 0) is 0 Å². The Morgan fingerprint density at radius 2 is 1.86 bits per heavy atom. The van der Waals surface area contributed by atoms with Gasteiger partial charge in [0.25, 0.3) is 0 Å². The topological polar surface area (TPSA) is 70.8 Å². The summed E-state index contributed by atoms with van der Waals surface area (Å²) in [7, 11) is 0. The van der Waals surface area contributed by atoms with Crippen molar-refractivity contribution in [1.29, 1.82) is 0 Å². The second kappa shape index (κ2) is 5.15. The fraction of sp³-hybridized carbons (Fsp3) is 0.500. The maximum Gasteiger partial charge on any atom is 0.244 e. The van der Waals surface area contributed by atoms with Gasteiger partial charge < -0.3 is 10.6 Å². The van der Waals surface area contributed by atoms with Crippen molar-refractivity contribution >= 4 is 5.95 Å². The quantitative estimate of drug-likeness (QED) is 0.904. The Morgan fingerprint density at radius 3 is 2.62 bits per heavy atom. The standard InChI is InChI=1S/C16H21N5/c17-12-6-8-21(9-7-12)16-18-15(19-20-16)14-10-13(14)11-4-2-1-3-5-11/h1-5,12-14H,6-10,17H2,(H,18,19,20). The van der Waals surface area contributed by atoms with E-state index in [-0.39, 0.29) is 0 Å². The monoisotopic (exact) mass is 283 g/mol. The molecule has 1 aromatic carbocycles. The van der Waals surface area contributed by atoms with E-state index in [0.29, 0.717) is 17.9 Å². The third kappa shape index (κ3) is 2.53. The van der Waals surface area contributed by atoms with Gasteiger partial charge in [-0.25, -0.2) is 0 Å². The molecule has 1 aromatic heterocycles. The van der Waals surface area contributed by atoms with Crippen molar-refractivity contribution in [2.45, 2.75) is 37.1 Å². The number of aromatic amines is 1. The van der Waals surface area contributed by atoms with Gasteiger partial charge in [0.15, 0.2) is 0 Å². The number of benzene rings is 1. The lowest BCUT2D eigenvalue weighted by Crippen LogP contribution is -2.40. The second-order valence-electron chi connectivity index (χ2n) is 6.20. The molecule has 5 heteroatoms. The van der Waals surface area contributed by atoms with Crippen molar-refractivity contribution in [3.63, 3.8) is 0 Å². The maximum absolute atomic E-state index is 5.95. The summed E-state index contributed by atoms with van der Waals surface area (Å²) in [4.78, 5) is 6.95. The van der Waals surface area contributed by atoms with E-state index in [4.69, 9.17) is 10.7 Å². The van der Waals surface area contributed by atoms with Crippen molar-refractivity contribution in [2.75, 3.05) is 18.0 Å². The number of aromatic nitrogens is 3. The molecule has 5 nitrogen and oxygen atoms in total. The summed E-state index contributed by atoms with van der Waals surface area (Å²) in [5, 5.41) is 7.55. The smallest absolute Gasteiger partial charge is 0.244 e. The van der Waals surface area contributed by atoms with Gasteiger partial charge in [0.05, 0.1) is 0 Å². The van der Waals surface area contributed by atoms with E-state index in [9.17, 15) is 0 Å². The molecule has 1 aliphatic carbocycles. The summed E-state index contributed by atoms with van der Waals surface area (Å²) >= 11 is 0. The van der Waals surface area contributed by atoms with E-state index in [1.165, 1.54) is 12.0 Å². The van der Waals surface area contributed by atoms with Gasteiger partial charge in [0, 0.05) is 25.0 Å². The Morgan fingerprint density at radius 1 is 1.10 bits per heavy atom. The van der Waals surface area contributed by atoms with Crippen molar-refractivity contribution in [3.8, 4) is 0 Å². The fourth-order valence-electron chi connectivity index (χ4n) is 3.24. The highest BCUT2D eigenvalue weighted by Gasteiger charge is 2.42. The number of nitrogens with two attached hydrogens (primary N) is 1. The average Bonchev–Trinajstić information content (AvgIpc) is 3.18. The molecule has 2 aliphatic rings. The second-order valence-corrected chi connectivity index (χ2v) is 6.20. The van der Waals surface area contributed by atoms with Crippen LogP contribution in [0.4, 0.5) is 5.95 Å². The number of H-pyrrole nitrogens is 1. The lowest BCUT2D eigenvalue weighted by Gasteiger charge is -2.28. The molecule has 2 atom stereocenters. The number of hydrogen-bond acceptors (Lipinski definition) is 4. The molecule has 4 rings (SSSR count). The van der Waals surface area contributed by atoms with Gasteiger partial charge in [-0.15, -0.1) is 5.10 Å². The first kappa shape index (κ1) is 12.8. The molecule has 1 saturated carbocycles. The zero-order valence-corrected chi connectivity index (χ0v) is 12.1. The minimum absolute atomic E-state index is 0.338. The summed E-state index contributed by atoms with van der Waals surface area (Å²) in [5.74, 6) is 2.98. The predicted octanol–water partition coefficient (Wildman–Crippen LogP) is 2.00. The number of nitrogens with zero attached hydrogens (tertiary/aromatic N) is 3. The Kier molecular flexibility index (Phi) is 3.15. The van der Waals surface area contributed by atoms with Crippen molar-refractivity contribution in [1.82, 2.24) is 15.2 Å². The molecular formula is C16H21N5. The van der Waals surface area contributed by atoms with E-state index in [1.807, 2.05) is 0 Å². The molecule has 1 saturated heterocycles. The highest BCUT2D eigenvalue weighted by molar-refractivity contribution is 5.35. The van der Waals surface area contributed by atoms with Crippen LogP contribution in [-0.4, -0.2) is 34.3 Å². The predicted molar refractivity (Wildman–Crippen MR) is 82.3 cm³/mol. The molecule has 0 spiro atoms. The lowest BCUT2D eigenvalue weighted by atomic mass is 10.1. The molecule has 0 radical (unpaired) electrons. The highest BCUT2D eigenvalue weighted by atomic mass is 15.4. The molecule has 0 bridgehead atoms. The Labute approximate surface area is 124 Å². The van der Waals surface area contributed by atoms with Gasteiger partial charge >= 0.3 is 0 Å². The molecular weight excluding hydrogens is 262 g/mol. The molecule has 3 N–H and O–H groups in total. The largest absolute Gasteiger partial charge is 0.339 e. The molecule has 2 fully saturated rings. The van der Waals surface area contributed by atoms with E-state index >= 15 is 0 Å². The molecule has 110 valence electrons. The Hall–Kier alpha value is -1.88. The molecule has 21 heavy (non-hydrogen) atoms. The molecule has 0 amide bonds. The van der Waals surface area contributed by atoms with Crippen molar-refractivity contribution < 1.29 is 0 Å². The minimum Gasteiger partial charge on any atom is -0.339 e. The highest BCUT2D eigenvalue weighted by Crippen LogP contribution is 2.53. The van der Waals surface area contributed by atoms with Gasteiger partial charge in [-0.2, -0.15) is 4.98 Å². The fourth-order valence-corrected chi connectivity index (χ4v) is 3.24. The van der Waals surface area contributed by atoms with Gasteiger partial charge in [0.2, 0.25) is 5.95 Å². The van der Waals surface area contributed by atoms with Crippen molar-refractivity contribution in [3.05, 3.63) is 41.7 Å². The summed E-state index contributed by atoms with van der Waals surface area (Å²) in [6.07, 6.45) is 3.23. The third-order valence-corrected chi connectivity index (χ3v) is 4.68. The van der Waals surface area contributed by atoms with Crippen LogP contribution in [0.15, 0.2) is 30.3 Å². The van der Waals surface area contributed by atoms with Crippen LogP contribution < -0.4 is 10.6 Å². The molecule has 2 unspecified atom stereocenters. The van der Waals surface area contributed by atoms with Crippen LogP contribution in [0.3, 0.4) is 0 Å². The summed E-state index contributed by atoms with van der Waals surface area (Å²) < 4.78 is 0. The number of nitrogens with one attached hydrogen (secondary N) is 1. The van der Waals surface area contributed by atoms with Crippen LogP contribution >= 0.6 is 0 Å². The Bertz CT molecular complexity index is 600. The molecule has 2 aromatic rings.